The maximum atomic E-state index is 12.5. The maximum Gasteiger partial charge on any atom is 0.242 e. The number of carbonyl (C=O) groups is 2. The molecule has 0 aromatic heterocycles. The van der Waals surface area contributed by atoms with E-state index in [1.54, 1.807) is 0 Å². The van der Waals surface area contributed by atoms with Crippen LogP contribution in [0.1, 0.15) is 90.4 Å². The molecule has 0 aromatic carbocycles. The van der Waals surface area contributed by atoms with Gasteiger partial charge in [0.15, 0.2) is 0 Å². The van der Waals surface area contributed by atoms with Crippen LogP contribution in [0, 0.1) is 0 Å². The van der Waals surface area contributed by atoms with Gasteiger partial charge in [0.05, 0.1) is 0 Å². The third kappa shape index (κ3) is 9.24. The first kappa shape index (κ1) is 21.9. The Morgan fingerprint density at radius 3 is 2.36 bits per heavy atom. The Morgan fingerprint density at radius 1 is 1.00 bits per heavy atom. The number of unbranched alkanes of at least 4 members (excludes halogenated alkanes) is 7. The minimum absolute atomic E-state index is 0.00239. The van der Waals surface area contributed by atoms with Crippen LogP contribution in [0.25, 0.3) is 0 Å². The highest BCUT2D eigenvalue weighted by atomic mass is 16.2. The second-order valence-corrected chi connectivity index (χ2v) is 7.26. The Morgan fingerprint density at radius 2 is 1.68 bits per heavy atom. The van der Waals surface area contributed by atoms with Crippen molar-refractivity contribution in [1.29, 1.82) is 0 Å². The molecule has 1 atom stereocenters. The van der Waals surface area contributed by atoms with E-state index in [0.717, 1.165) is 45.1 Å². The first-order valence-electron chi connectivity index (χ1n) is 10.5. The molecule has 0 saturated carbocycles. The Labute approximate surface area is 154 Å². The van der Waals surface area contributed by atoms with Crippen LogP contribution >= 0.6 is 0 Å². The summed E-state index contributed by atoms with van der Waals surface area (Å²) in [5.74, 6) is 0.155. The summed E-state index contributed by atoms with van der Waals surface area (Å²) in [6, 6.07) is -0.270. The van der Waals surface area contributed by atoms with Gasteiger partial charge in [-0.25, -0.2) is 0 Å². The Bertz CT molecular complexity index is 374. The molecular weight excluding hydrogens is 314 g/mol. The summed E-state index contributed by atoms with van der Waals surface area (Å²) in [5.41, 5.74) is 5.47. The first-order valence-corrected chi connectivity index (χ1v) is 10.5. The van der Waals surface area contributed by atoms with Crippen LogP contribution in [-0.2, 0) is 9.59 Å². The highest BCUT2D eigenvalue weighted by molar-refractivity contribution is 5.87. The molecule has 0 aromatic rings. The fourth-order valence-electron chi connectivity index (χ4n) is 3.49. The normalized spacial score (nSPS) is 17.5. The van der Waals surface area contributed by atoms with Crippen molar-refractivity contribution < 1.29 is 9.59 Å². The maximum absolute atomic E-state index is 12.5. The molecule has 0 aliphatic carbocycles. The average Bonchev–Trinajstić information content (AvgIpc) is 2.64. The van der Waals surface area contributed by atoms with Gasteiger partial charge in [-0.15, -0.1) is 0 Å². The largest absolute Gasteiger partial charge is 0.354 e. The van der Waals surface area contributed by atoms with Gasteiger partial charge in [-0.3, -0.25) is 9.59 Å². The Kier molecular flexibility index (Phi) is 12.4. The molecule has 2 amide bonds. The number of hydrogen-bond donors (Lipinski definition) is 2. The summed E-state index contributed by atoms with van der Waals surface area (Å²) in [6.45, 7) is 4.14. The van der Waals surface area contributed by atoms with Crippen molar-refractivity contribution >= 4 is 11.8 Å². The van der Waals surface area contributed by atoms with Crippen LogP contribution in [0.2, 0.25) is 0 Å². The van der Waals surface area contributed by atoms with Crippen LogP contribution in [0.3, 0.4) is 0 Å². The number of likely N-dealkylation sites (tertiary alicyclic amines) is 1. The molecule has 5 nitrogen and oxygen atoms in total. The van der Waals surface area contributed by atoms with Crippen molar-refractivity contribution in [3.05, 3.63) is 0 Å². The number of carbonyl (C=O) groups excluding carboxylic acids is 2. The number of nitrogens with two attached hydrogens (primary N) is 1. The monoisotopic (exact) mass is 353 g/mol. The van der Waals surface area contributed by atoms with E-state index in [-0.39, 0.29) is 17.9 Å². The van der Waals surface area contributed by atoms with Crippen LogP contribution in [0.4, 0.5) is 0 Å². The Balaban J connectivity index is 2.25. The second-order valence-electron chi connectivity index (χ2n) is 7.26. The molecule has 0 unspecified atom stereocenters. The molecule has 1 aliphatic rings. The molecule has 1 saturated heterocycles. The van der Waals surface area contributed by atoms with Crippen LogP contribution in [0.15, 0.2) is 0 Å². The SMILES string of the molecule is CCCCCCCCCCC(=O)N1CCCC[C@H]1C(=O)NCCCN. The molecule has 146 valence electrons. The second kappa shape index (κ2) is 14.1. The molecule has 5 heteroatoms. The van der Waals surface area contributed by atoms with Crippen molar-refractivity contribution in [3.8, 4) is 0 Å². The summed E-state index contributed by atoms with van der Waals surface area (Å²) in [5, 5.41) is 2.93. The van der Waals surface area contributed by atoms with Gasteiger partial charge in [0.2, 0.25) is 11.8 Å². The summed E-state index contributed by atoms with van der Waals surface area (Å²) >= 11 is 0. The number of hydrogen-bond acceptors (Lipinski definition) is 3. The topological polar surface area (TPSA) is 75.4 Å². The average molecular weight is 354 g/mol. The lowest BCUT2D eigenvalue weighted by Gasteiger charge is -2.34. The molecular formula is C20H39N3O2. The summed E-state index contributed by atoms with van der Waals surface area (Å²) in [7, 11) is 0. The smallest absolute Gasteiger partial charge is 0.242 e. The minimum Gasteiger partial charge on any atom is -0.354 e. The highest BCUT2D eigenvalue weighted by Gasteiger charge is 2.31. The van der Waals surface area contributed by atoms with Gasteiger partial charge < -0.3 is 16.0 Å². The van der Waals surface area contributed by atoms with Gasteiger partial charge in [-0.1, -0.05) is 51.9 Å². The lowest BCUT2D eigenvalue weighted by atomic mass is 10.00. The minimum atomic E-state index is -0.270. The van der Waals surface area contributed by atoms with E-state index in [2.05, 4.69) is 12.2 Å². The standard InChI is InChI=1S/C20H39N3O2/c1-2-3-4-5-6-7-8-9-14-19(24)23-17-11-10-13-18(23)20(25)22-16-12-15-21/h18H,2-17,21H2,1H3,(H,22,25)/t18-/m0/s1. The van der Waals surface area contributed by atoms with Gasteiger partial charge in [-0.2, -0.15) is 0 Å². The quantitative estimate of drug-likeness (QED) is 0.499. The zero-order chi connectivity index (χ0) is 18.3. The van der Waals surface area contributed by atoms with Crippen molar-refractivity contribution in [3.63, 3.8) is 0 Å². The lowest BCUT2D eigenvalue weighted by Crippen LogP contribution is -2.52. The summed E-state index contributed by atoms with van der Waals surface area (Å²) < 4.78 is 0. The molecule has 1 fully saturated rings. The number of nitrogens with zero attached hydrogens (tertiary/aromatic N) is 1. The van der Waals surface area contributed by atoms with Gasteiger partial charge >= 0.3 is 0 Å². The summed E-state index contributed by atoms with van der Waals surface area (Å²) in [4.78, 5) is 26.7. The fourth-order valence-corrected chi connectivity index (χ4v) is 3.49. The molecule has 1 rings (SSSR count). The lowest BCUT2D eigenvalue weighted by molar-refractivity contribution is -0.142. The first-order chi connectivity index (χ1) is 12.2. The predicted molar refractivity (Wildman–Crippen MR) is 103 cm³/mol. The van der Waals surface area contributed by atoms with Gasteiger partial charge in [-0.05, 0) is 38.6 Å². The van der Waals surface area contributed by atoms with Crippen LogP contribution in [0.5, 0.6) is 0 Å². The molecule has 0 spiro atoms. The van der Waals surface area contributed by atoms with Crippen LogP contribution in [-0.4, -0.2) is 42.4 Å². The zero-order valence-corrected chi connectivity index (χ0v) is 16.2. The zero-order valence-electron chi connectivity index (χ0n) is 16.2. The number of amides is 2. The molecule has 3 N–H and O–H groups in total. The molecule has 25 heavy (non-hydrogen) atoms. The number of piperidine rings is 1. The third-order valence-electron chi connectivity index (χ3n) is 5.05. The van der Waals surface area contributed by atoms with E-state index in [1.165, 1.54) is 38.5 Å². The van der Waals surface area contributed by atoms with Gasteiger partial charge in [0.1, 0.15) is 6.04 Å². The molecule has 1 aliphatic heterocycles. The third-order valence-corrected chi connectivity index (χ3v) is 5.05. The fraction of sp³-hybridized carbons (Fsp3) is 0.900. The van der Waals surface area contributed by atoms with E-state index in [4.69, 9.17) is 5.73 Å². The van der Waals surface area contributed by atoms with Crippen molar-refractivity contribution in [2.75, 3.05) is 19.6 Å². The highest BCUT2D eigenvalue weighted by Crippen LogP contribution is 2.19. The van der Waals surface area contributed by atoms with E-state index in [1.807, 2.05) is 4.90 Å². The van der Waals surface area contributed by atoms with Crippen molar-refractivity contribution in [2.24, 2.45) is 5.73 Å². The Hall–Kier alpha value is -1.10. The van der Waals surface area contributed by atoms with E-state index < -0.39 is 0 Å². The van der Waals surface area contributed by atoms with E-state index >= 15 is 0 Å². The van der Waals surface area contributed by atoms with Gasteiger partial charge in [0, 0.05) is 19.5 Å². The van der Waals surface area contributed by atoms with E-state index in [9.17, 15) is 9.59 Å². The van der Waals surface area contributed by atoms with Crippen molar-refractivity contribution in [2.45, 2.75) is 96.4 Å². The van der Waals surface area contributed by atoms with Crippen molar-refractivity contribution in [1.82, 2.24) is 10.2 Å². The predicted octanol–water partition coefficient (Wildman–Crippen LogP) is 3.36. The number of nitrogens with one attached hydrogen (secondary N) is 1. The number of rotatable bonds is 13. The molecule has 0 radical (unpaired) electrons. The molecule has 0 bridgehead atoms. The van der Waals surface area contributed by atoms with Gasteiger partial charge in [0.25, 0.3) is 0 Å². The molecule has 1 heterocycles. The summed E-state index contributed by atoms with van der Waals surface area (Å²) in [6.07, 6.45) is 14.0. The van der Waals surface area contributed by atoms with E-state index in [0.29, 0.717) is 19.5 Å². The van der Waals surface area contributed by atoms with Crippen LogP contribution < -0.4 is 11.1 Å².